The molecule has 0 spiro atoms. The third kappa shape index (κ3) is 9.65. The lowest BCUT2D eigenvalue weighted by Crippen LogP contribution is -2.54. The van der Waals surface area contributed by atoms with Crippen molar-refractivity contribution in [3.63, 3.8) is 0 Å². The van der Waals surface area contributed by atoms with Crippen LogP contribution >= 0.6 is 0 Å². The van der Waals surface area contributed by atoms with Crippen molar-refractivity contribution in [3.8, 4) is 0 Å². The topological polar surface area (TPSA) is 148 Å². The molecule has 1 rings (SSSR count). The van der Waals surface area contributed by atoms with Crippen molar-refractivity contribution in [2.45, 2.75) is 32.0 Å². The summed E-state index contributed by atoms with van der Waals surface area (Å²) in [5, 5.41) is 47.7. The van der Waals surface area contributed by atoms with Gasteiger partial charge < -0.3 is 25.5 Å². The molecule has 0 bridgehead atoms. The van der Waals surface area contributed by atoms with E-state index in [-0.39, 0.29) is 25.7 Å². The first-order chi connectivity index (χ1) is 14.2. The number of carbonyl (C=O) groups is 2. The molecular weight excluding hydrogens is 396 g/mol. The number of aliphatic hydroxyl groups is 3. The molecule has 1 aliphatic rings. The van der Waals surface area contributed by atoms with E-state index in [2.05, 4.69) is 18.7 Å². The average Bonchev–Trinajstić information content (AvgIpc) is 2.66. The van der Waals surface area contributed by atoms with E-state index in [0.717, 1.165) is 0 Å². The summed E-state index contributed by atoms with van der Waals surface area (Å²) in [7, 11) is 0. The molecule has 0 saturated carbocycles. The van der Waals surface area contributed by atoms with Gasteiger partial charge in [-0.1, -0.05) is 0 Å². The van der Waals surface area contributed by atoms with Crippen LogP contribution in [0.25, 0.3) is 0 Å². The molecule has 11 nitrogen and oxygen atoms in total. The summed E-state index contributed by atoms with van der Waals surface area (Å²) < 4.78 is 0. The lowest BCUT2D eigenvalue weighted by molar-refractivity contribution is -0.139. The molecule has 1 heterocycles. The highest BCUT2D eigenvalue weighted by Crippen LogP contribution is 2.09. The number of carboxylic acid groups (broad SMARTS) is 2. The van der Waals surface area contributed by atoms with Crippen LogP contribution in [0.1, 0.15) is 13.8 Å². The van der Waals surface area contributed by atoms with Gasteiger partial charge >= 0.3 is 11.9 Å². The van der Waals surface area contributed by atoms with E-state index in [0.29, 0.717) is 52.4 Å². The molecule has 0 amide bonds. The first-order valence-corrected chi connectivity index (χ1v) is 10.4. The van der Waals surface area contributed by atoms with Gasteiger partial charge in [-0.15, -0.1) is 0 Å². The van der Waals surface area contributed by atoms with Crippen LogP contribution in [0.2, 0.25) is 0 Å². The van der Waals surface area contributed by atoms with Crippen LogP contribution in [0, 0.1) is 0 Å². The van der Waals surface area contributed by atoms with E-state index in [1.807, 2.05) is 9.80 Å². The molecule has 5 N–H and O–H groups in total. The predicted molar refractivity (Wildman–Crippen MR) is 110 cm³/mol. The van der Waals surface area contributed by atoms with Crippen molar-refractivity contribution in [2.24, 2.45) is 0 Å². The van der Waals surface area contributed by atoms with Crippen molar-refractivity contribution >= 4 is 11.9 Å². The Morgan fingerprint density at radius 1 is 0.733 bits per heavy atom. The minimum atomic E-state index is -1.15. The molecule has 1 saturated heterocycles. The minimum absolute atomic E-state index is 0.114. The van der Waals surface area contributed by atoms with Crippen molar-refractivity contribution < 1.29 is 35.1 Å². The summed E-state index contributed by atoms with van der Waals surface area (Å²) in [5.41, 5.74) is 0. The molecule has 2 atom stereocenters. The Bertz CT molecular complexity index is 491. The van der Waals surface area contributed by atoms with Gasteiger partial charge in [0.15, 0.2) is 0 Å². The molecule has 0 aromatic heterocycles. The normalized spacial score (nSPS) is 21.7. The van der Waals surface area contributed by atoms with Crippen LogP contribution in [0.5, 0.6) is 0 Å². The zero-order chi connectivity index (χ0) is 22.7. The van der Waals surface area contributed by atoms with Gasteiger partial charge in [-0.05, 0) is 13.8 Å². The highest BCUT2D eigenvalue weighted by molar-refractivity contribution is 5.69. The molecule has 0 unspecified atom stereocenters. The number of hydrogen-bond acceptors (Lipinski definition) is 9. The number of nitrogens with zero attached hydrogens (tertiary/aromatic N) is 4. The Hall–Kier alpha value is -1.34. The van der Waals surface area contributed by atoms with Gasteiger partial charge in [0.25, 0.3) is 0 Å². The zero-order valence-corrected chi connectivity index (χ0v) is 18.1. The molecule has 0 radical (unpaired) electrons. The van der Waals surface area contributed by atoms with E-state index in [1.165, 1.54) is 0 Å². The van der Waals surface area contributed by atoms with Crippen molar-refractivity contribution in [3.05, 3.63) is 0 Å². The number of hydrogen-bond donors (Lipinski definition) is 5. The van der Waals surface area contributed by atoms with Gasteiger partial charge in [-0.3, -0.25) is 29.2 Å². The van der Waals surface area contributed by atoms with Gasteiger partial charge in [0.2, 0.25) is 0 Å². The fourth-order valence-electron chi connectivity index (χ4n) is 3.68. The first kappa shape index (κ1) is 26.7. The van der Waals surface area contributed by atoms with Gasteiger partial charge in [0.1, 0.15) is 0 Å². The maximum atomic E-state index is 11.3. The van der Waals surface area contributed by atoms with E-state index in [4.69, 9.17) is 0 Å². The highest BCUT2D eigenvalue weighted by Gasteiger charge is 2.27. The van der Waals surface area contributed by atoms with E-state index in [1.54, 1.807) is 4.90 Å². The Labute approximate surface area is 178 Å². The van der Waals surface area contributed by atoms with Crippen LogP contribution in [0.3, 0.4) is 0 Å². The van der Waals surface area contributed by atoms with Gasteiger partial charge in [0.05, 0.1) is 38.4 Å². The minimum Gasteiger partial charge on any atom is -0.480 e. The molecule has 30 heavy (non-hydrogen) atoms. The smallest absolute Gasteiger partial charge is 0.317 e. The van der Waals surface area contributed by atoms with Crippen LogP contribution < -0.4 is 0 Å². The van der Waals surface area contributed by atoms with Gasteiger partial charge in [-0.25, -0.2) is 0 Å². The van der Waals surface area contributed by atoms with Crippen LogP contribution in [0.4, 0.5) is 0 Å². The number of aliphatic carboxylic acids is 2. The highest BCUT2D eigenvalue weighted by atomic mass is 16.4. The SMILES string of the molecule is CC(C)N1CCN(CC(=O)O)CCN([C@@H](CO)[C@@H](O)CO)CCN(CC(=O)O)CC1. The predicted octanol–water partition coefficient (Wildman–Crippen LogP) is -2.50. The molecule has 0 aromatic carbocycles. The molecule has 0 aromatic rings. The second kappa shape index (κ2) is 13.9. The largest absolute Gasteiger partial charge is 0.480 e. The Kier molecular flexibility index (Phi) is 12.3. The fourth-order valence-corrected chi connectivity index (χ4v) is 3.68. The van der Waals surface area contributed by atoms with Crippen molar-refractivity contribution in [1.29, 1.82) is 0 Å². The number of carboxylic acids is 2. The summed E-state index contributed by atoms with van der Waals surface area (Å²) in [6.07, 6.45) is -1.15. The van der Waals surface area contributed by atoms with E-state index < -0.39 is 30.7 Å². The van der Waals surface area contributed by atoms with Crippen LogP contribution in [0.15, 0.2) is 0 Å². The number of rotatable bonds is 9. The molecule has 0 aliphatic carbocycles. The molecule has 11 heteroatoms. The summed E-state index contributed by atoms with van der Waals surface area (Å²) in [5.74, 6) is -1.85. The molecule has 176 valence electrons. The van der Waals surface area contributed by atoms with Gasteiger partial charge in [0, 0.05) is 58.4 Å². The van der Waals surface area contributed by atoms with E-state index in [9.17, 15) is 35.1 Å². The molecule has 1 fully saturated rings. The van der Waals surface area contributed by atoms with Crippen LogP contribution in [-0.4, -0.2) is 154 Å². The Balaban J connectivity index is 3.04. The average molecular weight is 435 g/mol. The maximum absolute atomic E-state index is 11.3. The molecular formula is C19H38N4O7. The third-order valence-electron chi connectivity index (χ3n) is 5.55. The monoisotopic (exact) mass is 434 g/mol. The Morgan fingerprint density at radius 3 is 1.43 bits per heavy atom. The fraction of sp³-hybridized carbons (Fsp3) is 0.895. The quantitative estimate of drug-likeness (QED) is 0.262. The standard InChI is InChI=1S/C19H38N4O7/c1-15(2)22-7-3-20(11-18(27)28)5-9-23(16(13-24)17(26)14-25)10-6-21(4-8-22)12-19(29)30/h15-17,24-26H,3-14H2,1-2H3,(H,27,28)(H,29,30)/t16-,17-/m0/s1. The van der Waals surface area contributed by atoms with Crippen LogP contribution in [-0.2, 0) is 9.59 Å². The second-order valence-corrected chi connectivity index (χ2v) is 8.01. The number of aliphatic hydroxyl groups excluding tert-OH is 3. The summed E-state index contributed by atoms with van der Waals surface area (Å²) in [6, 6.07) is -0.482. The van der Waals surface area contributed by atoms with E-state index >= 15 is 0 Å². The third-order valence-corrected chi connectivity index (χ3v) is 5.55. The van der Waals surface area contributed by atoms with Crippen molar-refractivity contribution in [1.82, 2.24) is 19.6 Å². The lowest BCUT2D eigenvalue weighted by Gasteiger charge is -2.38. The summed E-state index contributed by atoms with van der Waals surface area (Å²) >= 11 is 0. The first-order valence-electron chi connectivity index (χ1n) is 10.4. The second-order valence-electron chi connectivity index (χ2n) is 8.01. The van der Waals surface area contributed by atoms with Gasteiger partial charge in [-0.2, -0.15) is 0 Å². The summed E-state index contributed by atoms with van der Waals surface area (Å²) in [4.78, 5) is 30.2. The molecule has 1 aliphatic heterocycles. The van der Waals surface area contributed by atoms with Crippen molar-refractivity contribution in [2.75, 3.05) is 78.7 Å². The summed E-state index contributed by atoms with van der Waals surface area (Å²) in [6.45, 7) is 6.92. The lowest BCUT2D eigenvalue weighted by atomic mass is 10.1. The maximum Gasteiger partial charge on any atom is 0.317 e. The Morgan fingerprint density at radius 2 is 1.13 bits per heavy atom. The zero-order valence-electron chi connectivity index (χ0n) is 18.1.